The molecule has 0 aliphatic rings. The molecular weight excluding hydrogens is 316 g/mol. The van der Waals surface area contributed by atoms with Crippen molar-refractivity contribution in [3.8, 4) is 0 Å². The molecule has 3 rings (SSSR count). The normalized spacial score (nSPS) is 11.2. The van der Waals surface area contributed by atoms with Crippen LogP contribution in [0.2, 0.25) is 0 Å². The second-order valence-electron chi connectivity index (χ2n) is 7.54. The molecule has 26 heavy (non-hydrogen) atoms. The zero-order valence-corrected chi connectivity index (χ0v) is 17.1. The Morgan fingerprint density at radius 3 is 2.12 bits per heavy atom. The summed E-state index contributed by atoms with van der Waals surface area (Å²) in [7, 11) is 0. The molecule has 0 spiro atoms. The van der Waals surface area contributed by atoms with Gasteiger partial charge in [0.05, 0.1) is 11.2 Å². The number of hydrogen-bond acceptors (Lipinski definition) is 2. The van der Waals surface area contributed by atoms with E-state index in [-0.39, 0.29) is 5.41 Å². The van der Waals surface area contributed by atoms with Gasteiger partial charge in [0.1, 0.15) is 5.82 Å². The van der Waals surface area contributed by atoms with Crippen LogP contribution in [0.25, 0.3) is 10.9 Å². The fraction of sp³-hybridized carbons (Fsp3) is 0.417. The first-order valence-electron chi connectivity index (χ1n) is 9.75. The molecule has 2 heteroatoms. The maximum atomic E-state index is 4.67. The monoisotopic (exact) mass is 348 g/mol. The molecule has 2 nitrogen and oxygen atoms in total. The first-order valence-corrected chi connectivity index (χ1v) is 9.75. The molecule has 1 heterocycles. The molecular formula is C24H32N2. The number of nitrogens with zero attached hydrogens (tertiary/aromatic N) is 2. The van der Waals surface area contributed by atoms with E-state index >= 15 is 0 Å². The summed E-state index contributed by atoms with van der Waals surface area (Å²) in [6, 6.07) is 17.4. The molecule has 3 aromatic rings. The van der Waals surface area contributed by atoms with Crippen molar-refractivity contribution in [2.24, 2.45) is 0 Å². The van der Waals surface area contributed by atoms with Crippen LogP contribution in [0.1, 0.15) is 63.7 Å². The zero-order valence-electron chi connectivity index (χ0n) is 17.1. The predicted octanol–water partition coefficient (Wildman–Crippen LogP) is 6.44. The van der Waals surface area contributed by atoms with Gasteiger partial charge in [-0.05, 0) is 48.8 Å². The van der Waals surface area contributed by atoms with Crippen molar-refractivity contribution in [2.75, 3.05) is 0 Å². The van der Waals surface area contributed by atoms with E-state index < -0.39 is 0 Å². The summed E-state index contributed by atoms with van der Waals surface area (Å²) in [5, 5.41) is 1.19. The van der Waals surface area contributed by atoms with Crippen LogP contribution >= 0.6 is 0 Å². The average Bonchev–Trinajstić information content (AvgIpc) is 2.63. The van der Waals surface area contributed by atoms with Gasteiger partial charge in [0.15, 0.2) is 0 Å². The molecule has 0 radical (unpaired) electrons. The summed E-state index contributed by atoms with van der Waals surface area (Å²) >= 11 is 0. The summed E-state index contributed by atoms with van der Waals surface area (Å²) in [5.74, 6) is 0.859. The van der Waals surface area contributed by atoms with Gasteiger partial charge in [-0.25, -0.2) is 9.97 Å². The van der Waals surface area contributed by atoms with Gasteiger partial charge in [-0.2, -0.15) is 0 Å². The Balaban J connectivity index is 0.00000117. The third kappa shape index (κ3) is 5.14. The molecule has 138 valence electrons. The molecule has 0 aliphatic heterocycles. The lowest BCUT2D eigenvalue weighted by Gasteiger charge is -2.19. The van der Waals surface area contributed by atoms with Crippen molar-refractivity contribution in [1.29, 1.82) is 0 Å². The Kier molecular flexibility index (Phi) is 6.90. The molecule has 0 fully saturated rings. The highest BCUT2D eigenvalue weighted by molar-refractivity contribution is 5.80. The van der Waals surface area contributed by atoms with Gasteiger partial charge in [-0.1, -0.05) is 77.1 Å². The number of para-hydroxylation sites is 1. The van der Waals surface area contributed by atoms with Crippen LogP contribution in [-0.4, -0.2) is 9.97 Å². The Labute approximate surface area is 158 Å². The molecule has 0 saturated carbocycles. The van der Waals surface area contributed by atoms with E-state index in [1.54, 1.807) is 0 Å². The summed E-state index contributed by atoms with van der Waals surface area (Å²) < 4.78 is 0. The number of rotatable bonds is 4. The second kappa shape index (κ2) is 8.93. The largest absolute Gasteiger partial charge is 0.238 e. The van der Waals surface area contributed by atoms with Crippen LogP contribution in [0.3, 0.4) is 0 Å². The van der Waals surface area contributed by atoms with Gasteiger partial charge >= 0.3 is 0 Å². The second-order valence-corrected chi connectivity index (χ2v) is 7.54. The van der Waals surface area contributed by atoms with E-state index in [1.165, 1.54) is 22.2 Å². The van der Waals surface area contributed by atoms with E-state index in [1.807, 2.05) is 26.8 Å². The Hall–Kier alpha value is -2.22. The van der Waals surface area contributed by atoms with Crippen molar-refractivity contribution < 1.29 is 0 Å². The van der Waals surface area contributed by atoms with E-state index in [0.717, 1.165) is 30.6 Å². The van der Waals surface area contributed by atoms with E-state index in [4.69, 9.17) is 0 Å². The van der Waals surface area contributed by atoms with Gasteiger partial charge < -0.3 is 0 Å². The van der Waals surface area contributed by atoms with Crippen LogP contribution in [-0.2, 0) is 18.3 Å². The Morgan fingerprint density at radius 1 is 0.808 bits per heavy atom. The topological polar surface area (TPSA) is 25.8 Å². The fourth-order valence-electron chi connectivity index (χ4n) is 3.09. The van der Waals surface area contributed by atoms with Crippen LogP contribution in [0.15, 0.2) is 48.5 Å². The summed E-state index contributed by atoms with van der Waals surface area (Å²) in [6.07, 6.45) is 3.18. The van der Waals surface area contributed by atoms with Crippen LogP contribution in [0, 0.1) is 6.92 Å². The van der Waals surface area contributed by atoms with Crippen molar-refractivity contribution in [3.05, 3.63) is 71.2 Å². The average molecular weight is 349 g/mol. The van der Waals surface area contributed by atoms with Crippen molar-refractivity contribution in [3.63, 3.8) is 0 Å². The molecule has 1 aromatic heterocycles. The Bertz CT molecular complexity index is 827. The lowest BCUT2D eigenvalue weighted by Crippen LogP contribution is -2.10. The lowest BCUT2D eigenvalue weighted by atomic mass is 9.86. The Morgan fingerprint density at radius 2 is 1.46 bits per heavy atom. The minimum absolute atomic E-state index is 0.218. The smallest absolute Gasteiger partial charge is 0.126 e. The van der Waals surface area contributed by atoms with Gasteiger partial charge in [-0.3, -0.25) is 0 Å². The quantitative estimate of drug-likeness (QED) is 0.542. The molecule has 0 aliphatic carbocycles. The lowest BCUT2D eigenvalue weighted by molar-refractivity contribution is 0.590. The third-order valence-electron chi connectivity index (χ3n) is 4.49. The van der Waals surface area contributed by atoms with Crippen LogP contribution in [0.4, 0.5) is 0 Å². The van der Waals surface area contributed by atoms with E-state index in [0.29, 0.717) is 0 Å². The number of benzene rings is 2. The molecule has 0 amide bonds. The molecule has 2 aromatic carbocycles. The van der Waals surface area contributed by atoms with Crippen molar-refractivity contribution >= 4 is 10.9 Å². The summed E-state index contributed by atoms with van der Waals surface area (Å²) in [4.78, 5) is 9.19. The SMILES string of the molecule is CC.Cc1nc(CCCc2ccc(C(C)(C)C)cc2)c2ccccc2n1. The van der Waals surface area contributed by atoms with Crippen molar-refractivity contribution in [1.82, 2.24) is 9.97 Å². The van der Waals surface area contributed by atoms with E-state index in [2.05, 4.69) is 73.2 Å². The van der Waals surface area contributed by atoms with E-state index in [9.17, 15) is 0 Å². The first-order chi connectivity index (χ1) is 12.4. The number of aryl methyl sites for hydroxylation is 3. The van der Waals surface area contributed by atoms with Gasteiger partial charge in [0.2, 0.25) is 0 Å². The molecule has 0 atom stereocenters. The summed E-state index contributed by atoms with van der Waals surface area (Å²) in [5.41, 5.74) is 5.23. The maximum absolute atomic E-state index is 4.67. The fourth-order valence-corrected chi connectivity index (χ4v) is 3.09. The molecule has 0 bridgehead atoms. The summed E-state index contributed by atoms with van der Waals surface area (Å²) in [6.45, 7) is 12.7. The zero-order chi connectivity index (χ0) is 19.2. The number of hydrogen-bond donors (Lipinski definition) is 0. The maximum Gasteiger partial charge on any atom is 0.126 e. The minimum Gasteiger partial charge on any atom is -0.238 e. The number of fused-ring (bicyclic) bond motifs is 1. The minimum atomic E-state index is 0.218. The third-order valence-corrected chi connectivity index (χ3v) is 4.49. The first kappa shape index (κ1) is 20.1. The highest BCUT2D eigenvalue weighted by atomic mass is 14.9. The highest BCUT2D eigenvalue weighted by Crippen LogP contribution is 2.23. The van der Waals surface area contributed by atoms with Crippen LogP contribution < -0.4 is 0 Å². The highest BCUT2D eigenvalue weighted by Gasteiger charge is 2.12. The predicted molar refractivity (Wildman–Crippen MR) is 113 cm³/mol. The standard InChI is InChI=1S/C22H26N2.C2H6/c1-16-23-20-10-6-5-9-19(20)21(24-16)11-7-8-17-12-14-18(15-13-17)22(2,3)4;1-2/h5-6,9-10,12-15H,7-8,11H2,1-4H3;1-2H3. The van der Waals surface area contributed by atoms with Gasteiger partial charge in [-0.15, -0.1) is 0 Å². The van der Waals surface area contributed by atoms with Gasteiger partial charge in [0, 0.05) is 5.39 Å². The number of aromatic nitrogens is 2. The van der Waals surface area contributed by atoms with Crippen LogP contribution in [0.5, 0.6) is 0 Å². The molecule has 0 N–H and O–H groups in total. The molecule has 0 saturated heterocycles. The van der Waals surface area contributed by atoms with Crippen molar-refractivity contribution in [2.45, 2.75) is 66.2 Å². The molecule has 0 unspecified atom stereocenters. The van der Waals surface area contributed by atoms with Gasteiger partial charge in [0.25, 0.3) is 0 Å².